The first kappa shape index (κ1) is 12.0. The molecule has 0 radical (unpaired) electrons. The lowest BCUT2D eigenvalue weighted by molar-refractivity contribution is 0.104. The van der Waals surface area contributed by atoms with Crippen LogP contribution in [0.2, 0.25) is 5.02 Å². The van der Waals surface area contributed by atoms with Gasteiger partial charge < -0.3 is 0 Å². The second kappa shape index (κ2) is 5.13. The Morgan fingerprint density at radius 3 is 2.60 bits per heavy atom. The first-order chi connectivity index (χ1) is 7.04. The van der Waals surface area contributed by atoms with Crippen molar-refractivity contribution in [2.75, 3.05) is 0 Å². The van der Waals surface area contributed by atoms with E-state index >= 15 is 0 Å². The van der Waals surface area contributed by atoms with Crippen LogP contribution in [0.3, 0.4) is 0 Å². The highest BCUT2D eigenvalue weighted by Crippen LogP contribution is 2.18. The van der Waals surface area contributed by atoms with E-state index in [1.165, 1.54) is 0 Å². The molecule has 0 saturated heterocycles. The molecule has 0 spiro atoms. The molecule has 0 heterocycles. The van der Waals surface area contributed by atoms with Crippen molar-refractivity contribution < 1.29 is 4.79 Å². The van der Waals surface area contributed by atoms with Crippen LogP contribution in [0.5, 0.6) is 0 Å². The Labute approximate surface area is 95.8 Å². The van der Waals surface area contributed by atoms with E-state index in [1.54, 1.807) is 18.2 Å². The predicted octanol–water partition coefficient (Wildman–Crippen LogP) is 4.05. The second-order valence-corrected chi connectivity index (χ2v) is 4.18. The SMILES string of the molecule is CCc1cc(Cl)ccc1C(=O)C=C(C)C. The lowest BCUT2D eigenvalue weighted by Crippen LogP contribution is -2.00. The summed E-state index contributed by atoms with van der Waals surface area (Å²) >= 11 is 5.88. The maximum atomic E-state index is 11.8. The molecule has 0 N–H and O–H groups in total. The minimum absolute atomic E-state index is 0.0588. The van der Waals surface area contributed by atoms with Gasteiger partial charge in [0.1, 0.15) is 0 Å². The van der Waals surface area contributed by atoms with E-state index in [1.807, 2.05) is 26.8 Å². The molecule has 1 nitrogen and oxygen atoms in total. The number of hydrogen-bond donors (Lipinski definition) is 0. The Hall–Kier alpha value is -1.08. The van der Waals surface area contributed by atoms with E-state index in [0.717, 1.165) is 23.1 Å². The standard InChI is InChI=1S/C13H15ClO/c1-4-10-8-11(14)5-6-12(10)13(15)7-9(2)3/h5-8H,4H2,1-3H3. The molecule has 0 aromatic heterocycles. The van der Waals surface area contributed by atoms with Crippen molar-refractivity contribution in [3.63, 3.8) is 0 Å². The quantitative estimate of drug-likeness (QED) is 0.557. The minimum atomic E-state index is 0.0588. The average Bonchev–Trinajstić information content (AvgIpc) is 2.16. The highest BCUT2D eigenvalue weighted by Gasteiger charge is 2.08. The van der Waals surface area contributed by atoms with Crippen LogP contribution in [0, 0.1) is 0 Å². The number of hydrogen-bond acceptors (Lipinski definition) is 1. The third-order valence-corrected chi connectivity index (χ3v) is 2.37. The van der Waals surface area contributed by atoms with Crippen molar-refractivity contribution in [2.45, 2.75) is 27.2 Å². The summed E-state index contributed by atoms with van der Waals surface area (Å²) in [4.78, 5) is 11.8. The summed E-state index contributed by atoms with van der Waals surface area (Å²) in [5.74, 6) is 0.0588. The maximum absolute atomic E-state index is 11.8. The van der Waals surface area contributed by atoms with E-state index in [2.05, 4.69) is 0 Å². The Balaban J connectivity index is 3.14. The molecule has 0 unspecified atom stereocenters. The van der Waals surface area contributed by atoms with Gasteiger partial charge in [-0.05, 0) is 50.1 Å². The zero-order valence-electron chi connectivity index (χ0n) is 9.30. The maximum Gasteiger partial charge on any atom is 0.186 e. The van der Waals surface area contributed by atoms with Gasteiger partial charge in [-0.15, -0.1) is 0 Å². The first-order valence-electron chi connectivity index (χ1n) is 5.02. The second-order valence-electron chi connectivity index (χ2n) is 3.74. The Bertz CT molecular complexity index is 401. The zero-order valence-corrected chi connectivity index (χ0v) is 10.1. The number of carbonyl (C=O) groups excluding carboxylic acids is 1. The van der Waals surface area contributed by atoms with Crippen LogP contribution in [0.4, 0.5) is 0 Å². The Morgan fingerprint density at radius 2 is 2.07 bits per heavy atom. The smallest absolute Gasteiger partial charge is 0.186 e. The monoisotopic (exact) mass is 222 g/mol. The summed E-state index contributed by atoms with van der Waals surface area (Å²) in [5, 5.41) is 0.681. The molecular weight excluding hydrogens is 208 g/mol. The number of halogens is 1. The van der Waals surface area contributed by atoms with Crippen molar-refractivity contribution in [3.8, 4) is 0 Å². The highest BCUT2D eigenvalue weighted by atomic mass is 35.5. The molecule has 0 aliphatic rings. The van der Waals surface area contributed by atoms with Gasteiger partial charge in [0.25, 0.3) is 0 Å². The lowest BCUT2D eigenvalue weighted by atomic mass is 10.0. The van der Waals surface area contributed by atoms with E-state index < -0.39 is 0 Å². The molecular formula is C13H15ClO. The molecule has 0 saturated carbocycles. The summed E-state index contributed by atoms with van der Waals surface area (Å²) in [6.07, 6.45) is 2.47. The van der Waals surface area contributed by atoms with Gasteiger partial charge in [0.15, 0.2) is 5.78 Å². The minimum Gasteiger partial charge on any atom is -0.289 e. The number of allylic oxidation sites excluding steroid dienone is 2. The summed E-state index contributed by atoms with van der Waals surface area (Å²) in [7, 11) is 0. The lowest BCUT2D eigenvalue weighted by Gasteiger charge is -2.05. The predicted molar refractivity (Wildman–Crippen MR) is 64.6 cm³/mol. The molecule has 0 amide bonds. The highest BCUT2D eigenvalue weighted by molar-refractivity contribution is 6.30. The number of carbonyl (C=O) groups is 1. The molecule has 1 aromatic rings. The molecule has 1 rings (SSSR count). The van der Waals surface area contributed by atoms with Crippen LogP contribution in [0.25, 0.3) is 0 Å². The summed E-state index contributed by atoms with van der Waals surface area (Å²) in [6, 6.07) is 5.41. The van der Waals surface area contributed by atoms with Gasteiger partial charge in [-0.2, -0.15) is 0 Å². The van der Waals surface area contributed by atoms with Crippen molar-refractivity contribution in [2.24, 2.45) is 0 Å². The average molecular weight is 223 g/mol. The third kappa shape index (κ3) is 3.21. The number of benzene rings is 1. The van der Waals surface area contributed by atoms with Crippen molar-refractivity contribution in [3.05, 3.63) is 46.0 Å². The molecule has 0 aliphatic heterocycles. The van der Waals surface area contributed by atoms with Crippen molar-refractivity contribution >= 4 is 17.4 Å². The van der Waals surface area contributed by atoms with Crippen LogP contribution >= 0.6 is 11.6 Å². The van der Waals surface area contributed by atoms with Crippen LogP contribution in [-0.4, -0.2) is 5.78 Å². The van der Waals surface area contributed by atoms with Gasteiger partial charge in [0.05, 0.1) is 0 Å². The molecule has 0 fully saturated rings. The van der Waals surface area contributed by atoms with E-state index in [-0.39, 0.29) is 5.78 Å². The number of rotatable bonds is 3. The van der Waals surface area contributed by atoms with Gasteiger partial charge in [-0.25, -0.2) is 0 Å². The van der Waals surface area contributed by atoms with Gasteiger partial charge in [0, 0.05) is 10.6 Å². The molecule has 0 aliphatic carbocycles. The summed E-state index contributed by atoms with van der Waals surface area (Å²) < 4.78 is 0. The van der Waals surface area contributed by atoms with Crippen LogP contribution < -0.4 is 0 Å². The van der Waals surface area contributed by atoms with Crippen LogP contribution in [-0.2, 0) is 6.42 Å². The van der Waals surface area contributed by atoms with E-state index in [0.29, 0.717) is 5.02 Å². The fraction of sp³-hybridized carbons (Fsp3) is 0.308. The third-order valence-electron chi connectivity index (χ3n) is 2.13. The molecule has 1 aromatic carbocycles. The molecule has 0 bridgehead atoms. The van der Waals surface area contributed by atoms with E-state index in [4.69, 9.17) is 11.6 Å². The number of ketones is 1. The Morgan fingerprint density at radius 1 is 1.40 bits per heavy atom. The Kier molecular flexibility index (Phi) is 4.10. The number of aryl methyl sites for hydroxylation is 1. The first-order valence-corrected chi connectivity index (χ1v) is 5.40. The van der Waals surface area contributed by atoms with Crippen LogP contribution in [0.1, 0.15) is 36.7 Å². The van der Waals surface area contributed by atoms with E-state index in [9.17, 15) is 4.79 Å². The molecule has 0 atom stereocenters. The van der Waals surface area contributed by atoms with Gasteiger partial charge in [-0.3, -0.25) is 4.79 Å². The molecule has 80 valence electrons. The largest absolute Gasteiger partial charge is 0.289 e. The van der Waals surface area contributed by atoms with Gasteiger partial charge in [-0.1, -0.05) is 24.1 Å². The normalized spacial score (nSPS) is 9.87. The topological polar surface area (TPSA) is 17.1 Å². The molecule has 2 heteroatoms. The van der Waals surface area contributed by atoms with Crippen molar-refractivity contribution in [1.82, 2.24) is 0 Å². The van der Waals surface area contributed by atoms with Gasteiger partial charge >= 0.3 is 0 Å². The molecule has 15 heavy (non-hydrogen) atoms. The summed E-state index contributed by atoms with van der Waals surface area (Å²) in [6.45, 7) is 5.85. The fourth-order valence-electron chi connectivity index (χ4n) is 1.44. The van der Waals surface area contributed by atoms with Gasteiger partial charge in [0.2, 0.25) is 0 Å². The van der Waals surface area contributed by atoms with Crippen LogP contribution in [0.15, 0.2) is 29.8 Å². The zero-order chi connectivity index (χ0) is 11.4. The fourth-order valence-corrected chi connectivity index (χ4v) is 1.63. The van der Waals surface area contributed by atoms with Crippen molar-refractivity contribution in [1.29, 1.82) is 0 Å². The summed E-state index contributed by atoms with van der Waals surface area (Å²) in [5.41, 5.74) is 2.77.